The summed E-state index contributed by atoms with van der Waals surface area (Å²) in [6, 6.07) is 5.68. The van der Waals surface area contributed by atoms with Crippen LogP contribution in [0, 0.1) is 0 Å². The van der Waals surface area contributed by atoms with E-state index < -0.39 is 0 Å². The largest absolute Gasteiger partial charge is 0.493 e. The molecule has 0 unspecified atom stereocenters. The van der Waals surface area contributed by atoms with Crippen LogP contribution >= 0.6 is 0 Å². The minimum absolute atomic E-state index is 0.0210. The first-order chi connectivity index (χ1) is 8.19. The fourth-order valence-corrected chi connectivity index (χ4v) is 1.48. The van der Waals surface area contributed by atoms with E-state index >= 15 is 0 Å². The molecule has 0 amide bonds. The van der Waals surface area contributed by atoms with Crippen molar-refractivity contribution in [3.8, 4) is 11.5 Å². The molecule has 96 valence electrons. The van der Waals surface area contributed by atoms with Crippen molar-refractivity contribution >= 4 is 0 Å². The molecular formula is C13H21NO3. The Bertz CT molecular complexity index is 339. The molecule has 1 atom stereocenters. The molecule has 0 heterocycles. The molecule has 3 N–H and O–H groups in total. The van der Waals surface area contributed by atoms with E-state index in [4.69, 9.17) is 20.3 Å². The highest BCUT2D eigenvalue weighted by Crippen LogP contribution is 2.29. The summed E-state index contributed by atoms with van der Waals surface area (Å²) in [7, 11) is 1.61. The summed E-state index contributed by atoms with van der Waals surface area (Å²) < 4.78 is 10.9. The Labute approximate surface area is 102 Å². The van der Waals surface area contributed by atoms with Crippen LogP contribution in [0.4, 0.5) is 0 Å². The highest BCUT2D eigenvalue weighted by atomic mass is 16.5. The molecule has 4 nitrogen and oxygen atoms in total. The maximum absolute atomic E-state index is 8.67. The maximum Gasteiger partial charge on any atom is 0.161 e. The molecule has 0 aliphatic rings. The standard InChI is InChI=1S/C13H21NO3/c1-10(14)11-5-6-12(13(9-11)16-2)17-8-4-3-7-15/h5-6,9-10,15H,3-4,7-8,14H2,1-2H3/t10-/m0/s1. The Hall–Kier alpha value is -1.26. The molecule has 17 heavy (non-hydrogen) atoms. The Balaban J connectivity index is 2.65. The van der Waals surface area contributed by atoms with Gasteiger partial charge in [0.05, 0.1) is 13.7 Å². The highest BCUT2D eigenvalue weighted by Gasteiger charge is 2.07. The lowest BCUT2D eigenvalue weighted by molar-refractivity contribution is 0.247. The number of hydrogen-bond acceptors (Lipinski definition) is 4. The average molecular weight is 239 g/mol. The van der Waals surface area contributed by atoms with E-state index in [2.05, 4.69) is 0 Å². The van der Waals surface area contributed by atoms with Crippen LogP contribution in [0.1, 0.15) is 31.4 Å². The van der Waals surface area contributed by atoms with E-state index in [0.717, 1.165) is 24.2 Å². The quantitative estimate of drug-likeness (QED) is 0.713. The van der Waals surface area contributed by atoms with Gasteiger partial charge in [-0.3, -0.25) is 0 Å². The first-order valence-corrected chi connectivity index (χ1v) is 5.86. The molecule has 0 aliphatic heterocycles. The fraction of sp³-hybridized carbons (Fsp3) is 0.538. The van der Waals surface area contributed by atoms with Crippen molar-refractivity contribution in [2.75, 3.05) is 20.3 Å². The Kier molecular flexibility index (Phi) is 5.80. The summed E-state index contributed by atoms with van der Waals surface area (Å²) in [6.07, 6.45) is 1.58. The molecule has 0 spiro atoms. The number of rotatable bonds is 7. The second kappa shape index (κ2) is 7.14. The SMILES string of the molecule is COc1cc([C@H](C)N)ccc1OCCCCO. The van der Waals surface area contributed by atoms with E-state index in [1.54, 1.807) is 7.11 Å². The van der Waals surface area contributed by atoms with Crippen molar-refractivity contribution in [1.82, 2.24) is 0 Å². The fourth-order valence-electron chi connectivity index (χ4n) is 1.48. The molecule has 0 fully saturated rings. The molecule has 0 saturated heterocycles. The van der Waals surface area contributed by atoms with E-state index in [0.29, 0.717) is 12.4 Å². The van der Waals surface area contributed by atoms with Gasteiger partial charge in [-0.1, -0.05) is 6.07 Å². The van der Waals surface area contributed by atoms with Crippen molar-refractivity contribution in [3.05, 3.63) is 23.8 Å². The van der Waals surface area contributed by atoms with Crippen LogP contribution in [0.3, 0.4) is 0 Å². The van der Waals surface area contributed by atoms with Crippen molar-refractivity contribution in [1.29, 1.82) is 0 Å². The first-order valence-electron chi connectivity index (χ1n) is 5.86. The van der Waals surface area contributed by atoms with Gasteiger partial charge in [-0.05, 0) is 37.5 Å². The second-order valence-corrected chi connectivity index (χ2v) is 3.98. The molecule has 0 bridgehead atoms. The van der Waals surface area contributed by atoms with Crippen LogP contribution in [0.15, 0.2) is 18.2 Å². The summed E-state index contributed by atoms with van der Waals surface area (Å²) in [5, 5.41) is 8.67. The predicted molar refractivity (Wildman–Crippen MR) is 67.4 cm³/mol. The van der Waals surface area contributed by atoms with Gasteiger partial charge in [0.1, 0.15) is 0 Å². The number of hydrogen-bond donors (Lipinski definition) is 2. The van der Waals surface area contributed by atoms with Crippen molar-refractivity contribution in [3.63, 3.8) is 0 Å². The summed E-state index contributed by atoms with van der Waals surface area (Å²) in [6.45, 7) is 2.70. The third kappa shape index (κ3) is 4.24. The third-order valence-corrected chi connectivity index (χ3v) is 2.52. The molecule has 1 rings (SSSR count). The smallest absolute Gasteiger partial charge is 0.161 e. The zero-order chi connectivity index (χ0) is 12.7. The van der Waals surface area contributed by atoms with Crippen LogP contribution in [0.5, 0.6) is 11.5 Å². The minimum Gasteiger partial charge on any atom is -0.493 e. The van der Waals surface area contributed by atoms with Gasteiger partial charge >= 0.3 is 0 Å². The molecule has 0 aromatic heterocycles. The van der Waals surface area contributed by atoms with Crippen molar-refractivity contribution in [2.24, 2.45) is 5.73 Å². The average Bonchev–Trinajstić information content (AvgIpc) is 2.34. The van der Waals surface area contributed by atoms with Gasteiger partial charge in [-0.2, -0.15) is 0 Å². The Morgan fingerprint density at radius 3 is 2.65 bits per heavy atom. The molecule has 1 aromatic rings. The van der Waals surface area contributed by atoms with E-state index in [-0.39, 0.29) is 12.6 Å². The minimum atomic E-state index is -0.0210. The molecule has 0 aliphatic carbocycles. The lowest BCUT2D eigenvalue weighted by Crippen LogP contribution is -2.06. The molecule has 1 aromatic carbocycles. The summed E-state index contributed by atoms with van der Waals surface area (Å²) >= 11 is 0. The number of unbranched alkanes of at least 4 members (excludes halogenated alkanes) is 1. The molecular weight excluding hydrogens is 218 g/mol. The monoisotopic (exact) mass is 239 g/mol. The highest BCUT2D eigenvalue weighted by molar-refractivity contribution is 5.43. The third-order valence-electron chi connectivity index (χ3n) is 2.52. The summed E-state index contributed by atoms with van der Waals surface area (Å²) in [4.78, 5) is 0. The van der Waals surface area contributed by atoms with E-state index in [1.807, 2.05) is 25.1 Å². The lowest BCUT2D eigenvalue weighted by Gasteiger charge is -2.13. The van der Waals surface area contributed by atoms with Crippen molar-refractivity contribution < 1.29 is 14.6 Å². The number of nitrogens with two attached hydrogens (primary N) is 1. The predicted octanol–water partition coefficient (Wildman–Crippen LogP) is 1.87. The van der Waals surface area contributed by atoms with Crippen LogP contribution < -0.4 is 15.2 Å². The Morgan fingerprint density at radius 2 is 2.06 bits per heavy atom. The Morgan fingerprint density at radius 1 is 1.29 bits per heavy atom. The molecule has 0 saturated carbocycles. The van der Waals surface area contributed by atoms with Crippen LogP contribution in [-0.4, -0.2) is 25.4 Å². The lowest BCUT2D eigenvalue weighted by atomic mass is 10.1. The van der Waals surface area contributed by atoms with Gasteiger partial charge < -0.3 is 20.3 Å². The van der Waals surface area contributed by atoms with Gasteiger partial charge in [-0.25, -0.2) is 0 Å². The van der Waals surface area contributed by atoms with E-state index in [9.17, 15) is 0 Å². The number of aliphatic hydroxyl groups excluding tert-OH is 1. The summed E-state index contributed by atoms with van der Waals surface area (Å²) in [5.74, 6) is 1.42. The molecule has 4 heteroatoms. The van der Waals surface area contributed by atoms with Crippen LogP contribution in [0.25, 0.3) is 0 Å². The topological polar surface area (TPSA) is 64.7 Å². The first kappa shape index (κ1) is 13.8. The molecule has 0 radical (unpaired) electrons. The van der Waals surface area contributed by atoms with E-state index in [1.165, 1.54) is 0 Å². The summed E-state index contributed by atoms with van der Waals surface area (Å²) in [5.41, 5.74) is 6.82. The zero-order valence-electron chi connectivity index (χ0n) is 10.5. The second-order valence-electron chi connectivity index (χ2n) is 3.98. The zero-order valence-corrected chi connectivity index (χ0v) is 10.5. The number of aliphatic hydroxyl groups is 1. The maximum atomic E-state index is 8.67. The number of methoxy groups -OCH3 is 1. The van der Waals surface area contributed by atoms with Crippen LogP contribution in [0.2, 0.25) is 0 Å². The van der Waals surface area contributed by atoms with Gasteiger partial charge in [0.2, 0.25) is 0 Å². The number of benzene rings is 1. The number of ether oxygens (including phenoxy) is 2. The van der Waals surface area contributed by atoms with Gasteiger partial charge in [-0.15, -0.1) is 0 Å². The van der Waals surface area contributed by atoms with Gasteiger partial charge in [0, 0.05) is 12.6 Å². The van der Waals surface area contributed by atoms with Crippen LogP contribution in [-0.2, 0) is 0 Å². The normalized spacial score (nSPS) is 12.2. The van der Waals surface area contributed by atoms with Crippen molar-refractivity contribution in [2.45, 2.75) is 25.8 Å². The van der Waals surface area contributed by atoms with Gasteiger partial charge in [0.25, 0.3) is 0 Å². The van der Waals surface area contributed by atoms with Gasteiger partial charge in [0.15, 0.2) is 11.5 Å².